The molecule has 0 spiro atoms. The summed E-state index contributed by atoms with van der Waals surface area (Å²) in [7, 11) is -3.78. The van der Waals surface area contributed by atoms with E-state index in [9.17, 15) is 18.5 Å². The highest BCUT2D eigenvalue weighted by molar-refractivity contribution is 7.94. The molecule has 0 unspecified atom stereocenters. The maximum atomic E-state index is 12.3. The summed E-state index contributed by atoms with van der Waals surface area (Å²) in [4.78, 5) is 11.1. The van der Waals surface area contributed by atoms with Crippen LogP contribution in [0, 0.1) is 17.0 Å². The van der Waals surface area contributed by atoms with Crippen molar-refractivity contribution < 1.29 is 13.3 Å². The molecule has 0 aliphatic heterocycles. The van der Waals surface area contributed by atoms with E-state index in [0.29, 0.717) is 0 Å². The van der Waals surface area contributed by atoms with E-state index in [1.54, 1.807) is 6.07 Å². The first-order valence-corrected chi connectivity index (χ1v) is 8.20. The van der Waals surface area contributed by atoms with Crippen molar-refractivity contribution in [3.8, 4) is 0 Å². The summed E-state index contributed by atoms with van der Waals surface area (Å²) >= 11 is 1.07. The molecule has 0 atom stereocenters. The fourth-order valence-electron chi connectivity index (χ4n) is 1.74. The summed E-state index contributed by atoms with van der Waals surface area (Å²) in [6.45, 7) is 1.76. The van der Waals surface area contributed by atoms with Gasteiger partial charge >= 0.3 is 0 Å². The molecule has 0 radical (unpaired) electrons. The molecule has 1 aromatic carbocycles. The van der Waals surface area contributed by atoms with Gasteiger partial charge in [-0.2, -0.15) is 0 Å². The van der Waals surface area contributed by atoms with Crippen molar-refractivity contribution in [1.29, 1.82) is 0 Å². The summed E-state index contributed by atoms with van der Waals surface area (Å²) in [5.41, 5.74) is 5.77. The molecule has 1 heterocycles. The highest BCUT2D eigenvalue weighted by atomic mass is 32.2. The maximum Gasteiger partial charge on any atom is 0.274 e. The number of hydrogen-bond acceptors (Lipinski definition) is 6. The van der Waals surface area contributed by atoms with Crippen molar-refractivity contribution >= 4 is 32.7 Å². The Kier molecular flexibility index (Phi) is 4.26. The molecule has 0 bridgehead atoms. The number of nitrogens with zero attached hydrogens (tertiary/aromatic N) is 1. The normalized spacial score (nSPS) is 11.3. The standard InChI is InChI=1S/C12H13N3O4S2/c1-8-10(3-2-4-11(8)15(16)17)14-21(18,19)12-6-5-9(7-13)20-12/h2-6,14H,7,13H2,1H3. The molecule has 1 aromatic heterocycles. The third-order valence-corrected chi connectivity index (χ3v) is 5.81. The molecule has 21 heavy (non-hydrogen) atoms. The molecule has 3 N–H and O–H groups in total. The Morgan fingerprint density at radius 3 is 2.62 bits per heavy atom. The predicted molar refractivity (Wildman–Crippen MR) is 80.9 cm³/mol. The number of nitrogens with two attached hydrogens (primary N) is 1. The topological polar surface area (TPSA) is 115 Å². The van der Waals surface area contributed by atoms with E-state index in [1.165, 1.54) is 31.2 Å². The number of rotatable bonds is 5. The lowest BCUT2D eigenvalue weighted by atomic mass is 10.2. The van der Waals surface area contributed by atoms with Crippen LogP contribution in [-0.2, 0) is 16.6 Å². The van der Waals surface area contributed by atoms with E-state index in [1.807, 2.05) is 0 Å². The van der Waals surface area contributed by atoms with E-state index in [-0.39, 0.29) is 27.7 Å². The van der Waals surface area contributed by atoms with Crippen molar-refractivity contribution in [2.75, 3.05) is 4.72 Å². The SMILES string of the molecule is Cc1c(NS(=O)(=O)c2ccc(CN)s2)cccc1[N+](=O)[O-]. The minimum absolute atomic E-state index is 0.119. The molecular formula is C12H13N3O4S2. The van der Waals surface area contributed by atoms with Gasteiger partial charge in [-0.3, -0.25) is 14.8 Å². The minimum Gasteiger partial charge on any atom is -0.326 e. The summed E-state index contributed by atoms with van der Waals surface area (Å²) in [6, 6.07) is 7.34. The van der Waals surface area contributed by atoms with Gasteiger partial charge in [-0.05, 0) is 25.1 Å². The van der Waals surface area contributed by atoms with Crippen molar-refractivity contribution in [2.45, 2.75) is 17.7 Å². The first-order valence-electron chi connectivity index (χ1n) is 5.91. The number of nitro groups is 1. The predicted octanol–water partition coefficient (Wildman–Crippen LogP) is 2.22. The van der Waals surface area contributed by atoms with Crippen molar-refractivity contribution in [1.82, 2.24) is 0 Å². The molecule has 112 valence electrons. The summed E-state index contributed by atoms with van der Waals surface area (Å²) in [6.07, 6.45) is 0. The molecule has 0 fully saturated rings. The number of nitrogens with one attached hydrogen (secondary N) is 1. The number of sulfonamides is 1. The molecule has 0 aliphatic carbocycles. The van der Waals surface area contributed by atoms with Gasteiger partial charge in [-0.1, -0.05) is 6.07 Å². The zero-order chi connectivity index (χ0) is 15.6. The van der Waals surface area contributed by atoms with Gasteiger partial charge < -0.3 is 5.73 Å². The Bertz CT molecular complexity index is 784. The average molecular weight is 327 g/mol. The van der Waals surface area contributed by atoms with Gasteiger partial charge in [0.15, 0.2) is 0 Å². The zero-order valence-electron chi connectivity index (χ0n) is 11.1. The molecule has 0 aliphatic rings. The summed E-state index contributed by atoms with van der Waals surface area (Å²) in [5.74, 6) is 0. The quantitative estimate of drug-likeness (QED) is 0.645. The van der Waals surface area contributed by atoms with Crippen LogP contribution in [0.2, 0.25) is 0 Å². The fourth-order valence-corrected chi connectivity index (χ4v) is 4.10. The van der Waals surface area contributed by atoms with Crippen LogP contribution >= 0.6 is 11.3 Å². The Hall–Kier alpha value is -1.97. The molecule has 0 saturated heterocycles. The second kappa shape index (κ2) is 5.80. The van der Waals surface area contributed by atoms with Crippen molar-refractivity contribution in [3.63, 3.8) is 0 Å². The highest BCUT2D eigenvalue weighted by Gasteiger charge is 2.20. The van der Waals surface area contributed by atoms with E-state index in [0.717, 1.165) is 16.2 Å². The van der Waals surface area contributed by atoms with Gasteiger partial charge in [-0.15, -0.1) is 11.3 Å². The van der Waals surface area contributed by atoms with Crippen LogP contribution in [0.25, 0.3) is 0 Å². The van der Waals surface area contributed by atoms with Gasteiger partial charge in [-0.25, -0.2) is 8.42 Å². The molecule has 0 saturated carbocycles. The second-order valence-electron chi connectivity index (χ2n) is 4.24. The zero-order valence-corrected chi connectivity index (χ0v) is 12.7. The molecule has 7 nitrogen and oxygen atoms in total. The van der Waals surface area contributed by atoms with E-state index in [2.05, 4.69) is 4.72 Å². The lowest BCUT2D eigenvalue weighted by Crippen LogP contribution is -2.12. The van der Waals surface area contributed by atoms with Crippen molar-refractivity contribution in [2.24, 2.45) is 5.73 Å². The van der Waals surface area contributed by atoms with E-state index >= 15 is 0 Å². The highest BCUT2D eigenvalue weighted by Crippen LogP contribution is 2.29. The van der Waals surface area contributed by atoms with Crippen LogP contribution < -0.4 is 10.5 Å². The third kappa shape index (κ3) is 3.20. The van der Waals surface area contributed by atoms with Gasteiger partial charge in [0.1, 0.15) is 4.21 Å². The van der Waals surface area contributed by atoms with Crippen LogP contribution in [0.4, 0.5) is 11.4 Å². The molecular weight excluding hydrogens is 314 g/mol. The summed E-state index contributed by atoms with van der Waals surface area (Å²) < 4.78 is 27.0. The number of thiophene rings is 1. The van der Waals surface area contributed by atoms with E-state index < -0.39 is 14.9 Å². The Morgan fingerprint density at radius 1 is 1.33 bits per heavy atom. The van der Waals surface area contributed by atoms with Gasteiger partial charge in [0, 0.05) is 17.5 Å². The largest absolute Gasteiger partial charge is 0.326 e. The second-order valence-corrected chi connectivity index (χ2v) is 7.31. The van der Waals surface area contributed by atoms with E-state index in [4.69, 9.17) is 5.73 Å². The molecule has 9 heteroatoms. The third-order valence-electron chi connectivity index (χ3n) is 2.85. The first kappa shape index (κ1) is 15.4. The molecule has 2 rings (SSSR count). The maximum absolute atomic E-state index is 12.3. The van der Waals surface area contributed by atoms with Crippen LogP contribution in [0.1, 0.15) is 10.4 Å². The molecule has 0 amide bonds. The number of benzene rings is 1. The Balaban J connectivity index is 2.37. The van der Waals surface area contributed by atoms with Crippen LogP contribution in [0.5, 0.6) is 0 Å². The summed E-state index contributed by atoms with van der Waals surface area (Å²) in [5, 5.41) is 10.9. The average Bonchev–Trinajstić information content (AvgIpc) is 2.90. The lowest BCUT2D eigenvalue weighted by molar-refractivity contribution is -0.385. The van der Waals surface area contributed by atoms with Crippen LogP contribution in [0.3, 0.4) is 0 Å². The van der Waals surface area contributed by atoms with Crippen LogP contribution in [-0.4, -0.2) is 13.3 Å². The molecule has 2 aromatic rings. The van der Waals surface area contributed by atoms with Crippen LogP contribution in [0.15, 0.2) is 34.5 Å². The number of nitro benzene ring substituents is 1. The smallest absolute Gasteiger partial charge is 0.274 e. The van der Waals surface area contributed by atoms with Gasteiger partial charge in [0.05, 0.1) is 16.2 Å². The van der Waals surface area contributed by atoms with Gasteiger partial charge in [0.2, 0.25) is 0 Å². The lowest BCUT2D eigenvalue weighted by Gasteiger charge is -2.09. The minimum atomic E-state index is -3.78. The number of anilines is 1. The Labute approximate surface area is 125 Å². The monoisotopic (exact) mass is 327 g/mol. The van der Waals surface area contributed by atoms with Gasteiger partial charge in [0.25, 0.3) is 15.7 Å². The fraction of sp³-hybridized carbons (Fsp3) is 0.167. The number of hydrogen-bond donors (Lipinski definition) is 2. The Morgan fingerprint density at radius 2 is 2.05 bits per heavy atom. The van der Waals surface area contributed by atoms with Crippen molar-refractivity contribution in [3.05, 3.63) is 50.9 Å². The first-order chi connectivity index (χ1) is 9.85.